The van der Waals surface area contributed by atoms with Gasteiger partial charge in [-0.1, -0.05) is 60.1 Å². The van der Waals surface area contributed by atoms with Crippen LogP contribution in [0.1, 0.15) is 28.5 Å². The highest BCUT2D eigenvalue weighted by Crippen LogP contribution is 2.18. The number of carbonyl (C=O) groups is 1. The van der Waals surface area contributed by atoms with Crippen LogP contribution < -0.4 is 10.2 Å². The zero-order chi connectivity index (χ0) is 19.1. The van der Waals surface area contributed by atoms with Gasteiger partial charge in [0, 0.05) is 36.5 Å². The number of amides is 1. The molecule has 2 aromatic carbocycles. The maximum Gasteiger partial charge on any atom is 0.270 e. The summed E-state index contributed by atoms with van der Waals surface area (Å²) in [6.07, 6.45) is 1.67. The van der Waals surface area contributed by atoms with Gasteiger partial charge in [0.25, 0.3) is 5.91 Å². The van der Waals surface area contributed by atoms with Gasteiger partial charge < -0.3 is 10.2 Å². The third-order valence-electron chi connectivity index (χ3n) is 4.34. The van der Waals surface area contributed by atoms with Crippen LogP contribution in [-0.2, 0) is 13.1 Å². The van der Waals surface area contributed by atoms with Crippen LogP contribution >= 0.6 is 11.6 Å². The smallest absolute Gasteiger partial charge is 0.270 e. The summed E-state index contributed by atoms with van der Waals surface area (Å²) in [6.45, 7) is 4.08. The number of aromatic nitrogens is 1. The average Bonchev–Trinajstić information content (AvgIpc) is 2.72. The molecule has 1 aromatic heterocycles. The minimum Gasteiger partial charge on any atom is -0.367 e. The van der Waals surface area contributed by atoms with Gasteiger partial charge in [-0.3, -0.25) is 9.78 Å². The molecule has 0 saturated heterocycles. The van der Waals surface area contributed by atoms with Crippen LogP contribution in [0, 0.1) is 0 Å². The van der Waals surface area contributed by atoms with Crippen molar-refractivity contribution in [3.8, 4) is 0 Å². The molecule has 0 spiro atoms. The van der Waals surface area contributed by atoms with Crippen molar-refractivity contribution < 1.29 is 4.79 Å². The van der Waals surface area contributed by atoms with Crippen molar-refractivity contribution in [3.63, 3.8) is 0 Å². The molecule has 0 radical (unpaired) electrons. The number of carbonyl (C=O) groups excluding carboxylic acids is 1. The average molecular weight is 380 g/mol. The van der Waals surface area contributed by atoms with E-state index in [9.17, 15) is 4.79 Å². The molecular formula is C22H22ClN3O. The molecule has 0 aliphatic rings. The topological polar surface area (TPSA) is 45.2 Å². The van der Waals surface area contributed by atoms with Gasteiger partial charge in [-0.15, -0.1) is 0 Å². The lowest BCUT2D eigenvalue weighted by atomic mass is 10.2. The second-order valence-corrected chi connectivity index (χ2v) is 6.58. The number of rotatable bonds is 7. The third-order valence-corrected chi connectivity index (χ3v) is 4.71. The number of halogens is 1. The fourth-order valence-electron chi connectivity index (χ4n) is 2.84. The largest absolute Gasteiger partial charge is 0.367 e. The number of nitrogens with one attached hydrogen (secondary N) is 1. The predicted octanol–water partition coefficient (Wildman–Crippen LogP) is 4.69. The highest BCUT2D eigenvalue weighted by atomic mass is 35.5. The van der Waals surface area contributed by atoms with Crippen LogP contribution in [-0.4, -0.2) is 17.4 Å². The van der Waals surface area contributed by atoms with E-state index in [4.69, 9.17) is 11.6 Å². The fourth-order valence-corrected chi connectivity index (χ4v) is 3.04. The number of pyridine rings is 1. The summed E-state index contributed by atoms with van der Waals surface area (Å²) in [6, 6.07) is 21.5. The summed E-state index contributed by atoms with van der Waals surface area (Å²) in [5.41, 5.74) is 3.47. The van der Waals surface area contributed by atoms with E-state index in [2.05, 4.69) is 34.3 Å². The molecule has 1 heterocycles. The van der Waals surface area contributed by atoms with Crippen molar-refractivity contribution in [2.75, 3.05) is 11.4 Å². The first-order valence-corrected chi connectivity index (χ1v) is 9.31. The number of benzene rings is 2. The summed E-state index contributed by atoms with van der Waals surface area (Å²) in [5, 5.41) is 3.52. The molecule has 0 fully saturated rings. The molecule has 0 bridgehead atoms. The van der Waals surface area contributed by atoms with Crippen molar-refractivity contribution >= 4 is 23.2 Å². The van der Waals surface area contributed by atoms with E-state index in [-0.39, 0.29) is 5.91 Å². The van der Waals surface area contributed by atoms with Crippen molar-refractivity contribution in [2.24, 2.45) is 0 Å². The van der Waals surface area contributed by atoms with Gasteiger partial charge in [-0.05, 0) is 36.2 Å². The Bertz CT molecular complexity index is 899. The minimum absolute atomic E-state index is 0.215. The Hall–Kier alpha value is -2.85. The number of hydrogen-bond donors (Lipinski definition) is 1. The molecule has 27 heavy (non-hydrogen) atoms. The van der Waals surface area contributed by atoms with Gasteiger partial charge in [0.1, 0.15) is 5.69 Å². The monoisotopic (exact) mass is 379 g/mol. The van der Waals surface area contributed by atoms with Crippen LogP contribution in [0.3, 0.4) is 0 Å². The molecular weight excluding hydrogens is 358 g/mol. The Morgan fingerprint density at radius 1 is 1.07 bits per heavy atom. The van der Waals surface area contributed by atoms with E-state index in [1.165, 1.54) is 5.56 Å². The van der Waals surface area contributed by atoms with E-state index in [1.807, 2.05) is 54.6 Å². The van der Waals surface area contributed by atoms with Crippen LogP contribution in [0.15, 0.2) is 72.9 Å². The first-order valence-electron chi connectivity index (χ1n) is 8.94. The Morgan fingerprint density at radius 2 is 1.81 bits per heavy atom. The molecule has 5 heteroatoms. The van der Waals surface area contributed by atoms with Crippen LogP contribution in [0.2, 0.25) is 5.02 Å². The maximum atomic E-state index is 12.5. The van der Waals surface area contributed by atoms with E-state index >= 15 is 0 Å². The second kappa shape index (κ2) is 9.19. The maximum absolute atomic E-state index is 12.5. The van der Waals surface area contributed by atoms with Gasteiger partial charge in [0.15, 0.2) is 0 Å². The zero-order valence-electron chi connectivity index (χ0n) is 15.2. The molecule has 1 amide bonds. The Morgan fingerprint density at radius 3 is 2.56 bits per heavy atom. The highest BCUT2D eigenvalue weighted by Gasteiger charge is 2.12. The zero-order valence-corrected chi connectivity index (χ0v) is 16.0. The summed E-state index contributed by atoms with van der Waals surface area (Å²) in [5.74, 6) is -0.215. The van der Waals surface area contributed by atoms with E-state index in [0.717, 1.165) is 24.3 Å². The molecule has 138 valence electrons. The Kier molecular flexibility index (Phi) is 6.44. The van der Waals surface area contributed by atoms with Crippen LogP contribution in [0.5, 0.6) is 0 Å². The molecule has 3 aromatic rings. The number of anilines is 1. The van der Waals surface area contributed by atoms with Gasteiger partial charge >= 0.3 is 0 Å². The van der Waals surface area contributed by atoms with Crippen molar-refractivity contribution in [1.82, 2.24) is 10.3 Å². The van der Waals surface area contributed by atoms with Crippen molar-refractivity contribution in [1.29, 1.82) is 0 Å². The third kappa shape index (κ3) is 5.08. The molecule has 3 rings (SSSR count). The predicted molar refractivity (Wildman–Crippen MR) is 110 cm³/mol. The lowest BCUT2D eigenvalue weighted by molar-refractivity contribution is 0.0946. The molecule has 0 aliphatic carbocycles. The highest BCUT2D eigenvalue weighted by molar-refractivity contribution is 6.31. The minimum atomic E-state index is -0.215. The number of hydrogen-bond acceptors (Lipinski definition) is 3. The lowest BCUT2D eigenvalue weighted by Gasteiger charge is -2.23. The summed E-state index contributed by atoms with van der Waals surface area (Å²) in [7, 11) is 0. The summed E-state index contributed by atoms with van der Waals surface area (Å²) < 4.78 is 0. The summed E-state index contributed by atoms with van der Waals surface area (Å²) in [4.78, 5) is 19.0. The van der Waals surface area contributed by atoms with E-state index < -0.39 is 0 Å². The normalized spacial score (nSPS) is 10.4. The molecule has 0 unspecified atom stereocenters. The van der Waals surface area contributed by atoms with Crippen molar-refractivity contribution in [3.05, 3.63) is 94.8 Å². The van der Waals surface area contributed by atoms with Gasteiger partial charge in [-0.2, -0.15) is 0 Å². The molecule has 0 atom stereocenters. The van der Waals surface area contributed by atoms with Gasteiger partial charge in [0.2, 0.25) is 0 Å². The first kappa shape index (κ1) is 18.9. The second-order valence-electron chi connectivity index (χ2n) is 6.17. The lowest BCUT2D eigenvalue weighted by Crippen LogP contribution is -2.26. The fraction of sp³-hybridized carbons (Fsp3) is 0.182. The number of nitrogens with zero attached hydrogens (tertiary/aromatic N) is 2. The standard InChI is InChI=1S/C22H22ClN3O/c1-2-26(16-17-8-4-3-5-9-17)19-12-13-24-21(14-19)22(27)25-15-18-10-6-7-11-20(18)23/h3-14H,2,15-16H2,1H3,(H,25,27). The van der Waals surface area contributed by atoms with Crippen LogP contribution in [0.4, 0.5) is 5.69 Å². The van der Waals surface area contributed by atoms with Crippen molar-refractivity contribution in [2.45, 2.75) is 20.0 Å². The van der Waals surface area contributed by atoms with E-state index in [0.29, 0.717) is 17.3 Å². The van der Waals surface area contributed by atoms with Gasteiger partial charge in [0.05, 0.1) is 0 Å². The molecule has 0 saturated carbocycles. The first-order chi connectivity index (χ1) is 13.2. The van der Waals surface area contributed by atoms with Gasteiger partial charge in [-0.25, -0.2) is 0 Å². The molecule has 4 nitrogen and oxygen atoms in total. The van der Waals surface area contributed by atoms with E-state index in [1.54, 1.807) is 6.20 Å². The Labute approximate surface area is 164 Å². The SMILES string of the molecule is CCN(Cc1ccccc1)c1ccnc(C(=O)NCc2ccccc2Cl)c1. The van der Waals surface area contributed by atoms with Crippen LogP contribution in [0.25, 0.3) is 0 Å². The quantitative estimate of drug-likeness (QED) is 0.647. The molecule has 0 aliphatic heterocycles. The summed E-state index contributed by atoms with van der Waals surface area (Å²) >= 11 is 6.14. The Balaban J connectivity index is 1.70. The molecule has 1 N–H and O–H groups in total.